The molecule has 0 aliphatic rings. The maximum absolute atomic E-state index is 13.6. The van der Waals surface area contributed by atoms with Gasteiger partial charge in [-0.25, -0.2) is 0 Å². The van der Waals surface area contributed by atoms with E-state index in [0.717, 1.165) is 33.7 Å². The Labute approximate surface area is 219 Å². The lowest BCUT2D eigenvalue weighted by Gasteiger charge is -2.19. The van der Waals surface area contributed by atoms with Gasteiger partial charge in [0.05, 0.1) is 32.2 Å². The molecule has 0 saturated heterocycles. The molecule has 0 fully saturated rings. The Morgan fingerprint density at radius 3 is 2.21 bits per heavy atom. The zero-order valence-electron chi connectivity index (χ0n) is 21.1. The number of rotatable bonds is 8. The van der Waals surface area contributed by atoms with Gasteiger partial charge in [0.15, 0.2) is 11.3 Å². The summed E-state index contributed by atoms with van der Waals surface area (Å²) in [5, 5.41) is 0.768. The van der Waals surface area contributed by atoms with E-state index in [-0.39, 0.29) is 0 Å². The third-order valence-corrected chi connectivity index (χ3v) is 6.60. The highest BCUT2D eigenvalue weighted by atomic mass is 19.4. The Kier molecular flexibility index (Phi) is 7.25. The second kappa shape index (κ2) is 10.8. The fourth-order valence-corrected chi connectivity index (χ4v) is 4.70. The second-order valence-electron chi connectivity index (χ2n) is 9.31. The summed E-state index contributed by atoms with van der Waals surface area (Å²) in [6.07, 6.45) is -2.83. The Morgan fingerprint density at radius 1 is 0.789 bits per heavy atom. The first-order chi connectivity index (χ1) is 18.3. The number of methoxy groups -OCH3 is 1. The summed E-state index contributed by atoms with van der Waals surface area (Å²) >= 11 is 0. The molecule has 0 radical (unpaired) electrons. The van der Waals surface area contributed by atoms with Crippen molar-refractivity contribution in [2.45, 2.75) is 32.2 Å². The lowest BCUT2D eigenvalue weighted by molar-refractivity contribution is -0.137. The minimum absolute atomic E-state index is 0.338. The van der Waals surface area contributed by atoms with Crippen LogP contribution >= 0.6 is 0 Å². The van der Waals surface area contributed by atoms with E-state index in [1.54, 1.807) is 19.4 Å². The molecule has 194 valence electrons. The predicted octanol–water partition coefficient (Wildman–Crippen LogP) is 8.67. The normalized spacial score (nSPS) is 12.6. The summed E-state index contributed by atoms with van der Waals surface area (Å²) < 4.78 is 58.3. The lowest BCUT2D eigenvalue weighted by Crippen LogP contribution is -2.08. The molecule has 1 atom stereocenters. The fraction of sp³-hybridized carbons (Fsp3) is 0.188. The van der Waals surface area contributed by atoms with Crippen molar-refractivity contribution in [1.29, 1.82) is 0 Å². The molecule has 0 aliphatic heterocycles. The molecule has 0 spiro atoms. The largest absolute Gasteiger partial charge is 0.493 e. The zero-order chi connectivity index (χ0) is 26.7. The van der Waals surface area contributed by atoms with Crippen molar-refractivity contribution >= 4 is 11.0 Å². The molecule has 0 N–H and O–H groups in total. The smallest absolute Gasteiger partial charge is 0.416 e. The van der Waals surface area contributed by atoms with Crippen LogP contribution in [0.4, 0.5) is 13.2 Å². The number of aryl methyl sites for hydroxylation is 1. The first-order valence-electron chi connectivity index (χ1n) is 12.3. The summed E-state index contributed by atoms with van der Waals surface area (Å²) in [7, 11) is 1.56. The Hall–Kier alpha value is -4.03. The molecule has 1 unspecified atom stereocenters. The maximum atomic E-state index is 13.6. The summed E-state index contributed by atoms with van der Waals surface area (Å²) in [6, 6.07) is 26.9. The van der Waals surface area contributed by atoms with Crippen LogP contribution in [-0.2, 0) is 24.1 Å². The van der Waals surface area contributed by atoms with Crippen molar-refractivity contribution in [2.75, 3.05) is 7.11 Å². The van der Waals surface area contributed by atoms with Crippen LogP contribution in [0.3, 0.4) is 0 Å². The van der Waals surface area contributed by atoms with Crippen molar-refractivity contribution < 1.29 is 27.1 Å². The van der Waals surface area contributed by atoms with Gasteiger partial charge in [-0.3, -0.25) is 0 Å². The van der Waals surface area contributed by atoms with Crippen molar-refractivity contribution in [3.8, 4) is 5.75 Å². The van der Waals surface area contributed by atoms with Crippen molar-refractivity contribution in [3.05, 3.63) is 136 Å². The number of benzene rings is 4. The Balaban J connectivity index is 1.55. The van der Waals surface area contributed by atoms with Gasteiger partial charge in [0.2, 0.25) is 0 Å². The number of alkyl halides is 3. The highest BCUT2D eigenvalue weighted by Gasteiger charge is 2.32. The molecule has 1 aromatic heterocycles. The number of furan rings is 1. The van der Waals surface area contributed by atoms with E-state index in [1.807, 2.05) is 73.7 Å². The minimum atomic E-state index is -4.44. The summed E-state index contributed by atoms with van der Waals surface area (Å²) in [5.74, 6) is 0.0618. The average Bonchev–Trinajstić information content (AvgIpc) is 3.33. The Morgan fingerprint density at radius 2 is 1.50 bits per heavy atom. The minimum Gasteiger partial charge on any atom is -0.493 e. The van der Waals surface area contributed by atoms with Crippen LogP contribution in [0, 0.1) is 6.92 Å². The van der Waals surface area contributed by atoms with E-state index >= 15 is 0 Å². The number of halogens is 3. The van der Waals surface area contributed by atoms with E-state index in [9.17, 15) is 13.2 Å². The average molecular weight is 517 g/mol. The van der Waals surface area contributed by atoms with E-state index < -0.39 is 17.7 Å². The van der Waals surface area contributed by atoms with Crippen molar-refractivity contribution in [1.82, 2.24) is 0 Å². The van der Waals surface area contributed by atoms with E-state index in [4.69, 9.17) is 13.9 Å². The van der Waals surface area contributed by atoms with Gasteiger partial charge in [-0.15, -0.1) is 0 Å². The predicted molar refractivity (Wildman–Crippen MR) is 141 cm³/mol. The van der Waals surface area contributed by atoms with E-state index in [1.165, 1.54) is 17.7 Å². The number of hydrogen-bond donors (Lipinski definition) is 0. The van der Waals surface area contributed by atoms with Crippen LogP contribution in [0.2, 0.25) is 0 Å². The summed E-state index contributed by atoms with van der Waals surface area (Å²) in [6.45, 7) is 2.83. The number of fused-ring (bicyclic) bond motifs is 1. The topological polar surface area (TPSA) is 31.6 Å². The Bertz CT molecular complexity index is 1520. The third kappa shape index (κ3) is 5.46. The molecule has 0 saturated carbocycles. The fourth-order valence-electron chi connectivity index (χ4n) is 4.70. The maximum Gasteiger partial charge on any atom is 0.416 e. The second-order valence-corrected chi connectivity index (χ2v) is 9.31. The standard InChI is InChI=1S/C32H27F3O3/c1-21-11-13-22(14-12-21)18-37-19-23-15-27-28(20-38-31(27)29(16-23)36-2)30(24-7-4-3-5-8-24)25-9-6-10-26(17-25)32(33,34)35/h3-17,20,30H,18-19H2,1-2H3. The molecule has 38 heavy (non-hydrogen) atoms. The van der Waals surface area contributed by atoms with Crippen LogP contribution in [-0.4, -0.2) is 7.11 Å². The third-order valence-electron chi connectivity index (χ3n) is 6.60. The van der Waals surface area contributed by atoms with Gasteiger partial charge in [-0.05, 0) is 47.4 Å². The van der Waals surface area contributed by atoms with Crippen LogP contribution in [0.15, 0.2) is 102 Å². The molecular weight excluding hydrogens is 489 g/mol. The van der Waals surface area contributed by atoms with E-state index in [0.29, 0.717) is 30.1 Å². The van der Waals surface area contributed by atoms with Gasteiger partial charge in [-0.2, -0.15) is 13.2 Å². The van der Waals surface area contributed by atoms with Gasteiger partial charge in [0.1, 0.15) is 0 Å². The first kappa shape index (κ1) is 25.6. The van der Waals surface area contributed by atoms with Crippen molar-refractivity contribution in [2.24, 2.45) is 0 Å². The van der Waals surface area contributed by atoms with Crippen LogP contribution < -0.4 is 4.74 Å². The zero-order valence-corrected chi connectivity index (χ0v) is 21.1. The quantitative estimate of drug-likeness (QED) is 0.207. The monoisotopic (exact) mass is 516 g/mol. The molecule has 0 aliphatic carbocycles. The molecule has 3 nitrogen and oxygen atoms in total. The first-order valence-corrected chi connectivity index (χ1v) is 12.3. The SMILES string of the molecule is COc1cc(COCc2ccc(C)cc2)cc2c(C(c3ccccc3)c3cccc(C(F)(F)F)c3)coc12. The molecule has 0 bridgehead atoms. The summed E-state index contributed by atoms with van der Waals surface area (Å²) in [4.78, 5) is 0. The van der Waals surface area contributed by atoms with E-state index in [2.05, 4.69) is 0 Å². The lowest BCUT2D eigenvalue weighted by atomic mass is 9.84. The molecule has 5 rings (SSSR count). The molecular formula is C32H27F3O3. The highest BCUT2D eigenvalue weighted by Crippen LogP contribution is 2.42. The van der Waals surface area contributed by atoms with Gasteiger partial charge in [0.25, 0.3) is 0 Å². The molecule has 5 aromatic rings. The van der Waals surface area contributed by atoms with Gasteiger partial charge >= 0.3 is 6.18 Å². The number of ether oxygens (including phenoxy) is 2. The van der Waals surface area contributed by atoms with Gasteiger partial charge in [0, 0.05) is 16.9 Å². The molecule has 0 amide bonds. The molecule has 4 aromatic carbocycles. The van der Waals surface area contributed by atoms with Gasteiger partial charge in [-0.1, -0.05) is 78.4 Å². The van der Waals surface area contributed by atoms with Crippen LogP contribution in [0.5, 0.6) is 5.75 Å². The number of hydrogen-bond acceptors (Lipinski definition) is 3. The van der Waals surface area contributed by atoms with Crippen LogP contribution in [0.25, 0.3) is 11.0 Å². The molecule has 6 heteroatoms. The highest BCUT2D eigenvalue weighted by molar-refractivity contribution is 5.88. The molecule has 1 heterocycles. The van der Waals surface area contributed by atoms with Crippen LogP contribution in [0.1, 0.15) is 44.9 Å². The summed E-state index contributed by atoms with van der Waals surface area (Å²) in [5.41, 5.74) is 5.11. The van der Waals surface area contributed by atoms with Crippen molar-refractivity contribution in [3.63, 3.8) is 0 Å². The van der Waals surface area contributed by atoms with Gasteiger partial charge < -0.3 is 13.9 Å².